The molecule has 0 fully saturated rings. The lowest BCUT2D eigenvalue weighted by atomic mass is 10.1. The lowest BCUT2D eigenvalue weighted by Crippen LogP contribution is -2.09. The minimum absolute atomic E-state index is 0.228. The number of aryl methyl sites for hydroxylation is 1. The van der Waals surface area contributed by atoms with Crippen LogP contribution < -0.4 is 5.73 Å². The Labute approximate surface area is 105 Å². The van der Waals surface area contributed by atoms with E-state index in [1.165, 1.54) is 6.07 Å². The van der Waals surface area contributed by atoms with E-state index in [1.54, 1.807) is 22.9 Å². The van der Waals surface area contributed by atoms with Gasteiger partial charge in [-0.25, -0.2) is 9.07 Å². The Balaban J connectivity index is 2.05. The van der Waals surface area contributed by atoms with E-state index in [0.29, 0.717) is 30.9 Å². The van der Waals surface area contributed by atoms with Crippen LogP contribution in [-0.4, -0.2) is 26.8 Å². The highest BCUT2D eigenvalue weighted by Crippen LogP contribution is 2.11. The maximum atomic E-state index is 13.5. The Kier molecular flexibility index (Phi) is 4.35. The van der Waals surface area contributed by atoms with Gasteiger partial charge >= 0.3 is 0 Å². The van der Waals surface area contributed by atoms with Gasteiger partial charge in [0.05, 0.1) is 0 Å². The first-order chi connectivity index (χ1) is 8.81. The fourth-order valence-electron chi connectivity index (χ4n) is 1.74. The zero-order valence-corrected chi connectivity index (χ0v) is 10.1. The van der Waals surface area contributed by atoms with Crippen molar-refractivity contribution in [1.82, 2.24) is 20.2 Å². The molecule has 2 N–H and O–H groups in total. The van der Waals surface area contributed by atoms with Crippen LogP contribution in [0.4, 0.5) is 4.39 Å². The second-order valence-electron chi connectivity index (χ2n) is 4.08. The van der Waals surface area contributed by atoms with Crippen molar-refractivity contribution in [3.63, 3.8) is 0 Å². The molecular formula is C12H16FN5. The molecule has 18 heavy (non-hydrogen) atoms. The van der Waals surface area contributed by atoms with Crippen LogP contribution in [0.15, 0.2) is 24.3 Å². The average molecular weight is 249 g/mol. The summed E-state index contributed by atoms with van der Waals surface area (Å²) >= 11 is 0. The molecule has 2 rings (SSSR count). The third-order valence-corrected chi connectivity index (χ3v) is 2.74. The number of nitrogens with two attached hydrogens (primary N) is 1. The Morgan fingerprint density at radius 3 is 2.83 bits per heavy atom. The van der Waals surface area contributed by atoms with Crippen molar-refractivity contribution in [1.29, 1.82) is 0 Å². The number of halogens is 1. The van der Waals surface area contributed by atoms with Gasteiger partial charge in [0, 0.05) is 13.0 Å². The van der Waals surface area contributed by atoms with Gasteiger partial charge in [0.25, 0.3) is 0 Å². The van der Waals surface area contributed by atoms with Crippen LogP contribution in [0.1, 0.15) is 24.2 Å². The first-order valence-corrected chi connectivity index (χ1v) is 6.00. The summed E-state index contributed by atoms with van der Waals surface area (Å²) < 4.78 is 15.2. The van der Waals surface area contributed by atoms with Crippen LogP contribution >= 0.6 is 0 Å². The summed E-state index contributed by atoms with van der Waals surface area (Å²) in [5.41, 5.74) is 6.04. The minimum Gasteiger partial charge on any atom is -0.330 e. The number of tetrazole rings is 1. The van der Waals surface area contributed by atoms with E-state index in [2.05, 4.69) is 15.5 Å². The predicted molar refractivity (Wildman–Crippen MR) is 65.3 cm³/mol. The third kappa shape index (κ3) is 3.10. The Morgan fingerprint density at radius 2 is 2.06 bits per heavy atom. The number of aromatic nitrogens is 4. The highest BCUT2D eigenvalue weighted by molar-refractivity contribution is 5.20. The molecule has 0 bridgehead atoms. The molecule has 6 heteroatoms. The number of hydrogen-bond donors (Lipinski definition) is 1. The highest BCUT2D eigenvalue weighted by atomic mass is 19.1. The van der Waals surface area contributed by atoms with Crippen molar-refractivity contribution in [2.24, 2.45) is 5.73 Å². The van der Waals surface area contributed by atoms with Crippen molar-refractivity contribution < 1.29 is 4.39 Å². The van der Waals surface area contributed by atoms with Crippen molar-refractivity contribution in [3.8, 4) is 0 Å². The lowest BCUT2D eigenvalue weighted by Gasteiger charge is -2.04. The molecule has 96 valence electrons. The van der Waals surface area contributed by atoms with Gasteiger partial charge in [-0.05, 0) is 41.4 Å². The molecular weight excluding hydrogens is 233 g/mol. The normalized spacial score (nSPS) is 10.8. The molecule has 5 nitrogen and oxygen atoms in total. The molecule has 0 unspecified atom stereocenters. The minimum atomic E-state index is -0.228. The summed E-state index contributed by atoms with van der Waals surface area (Å²) in [4.78, 5) is 0. The van der Waals surface area contributed by atoms with Crippen molar-refractivity contribution in [2.75, 3.05) is 6.54 Å². The summed E-state index contributed by atoms with van der Waals surface area (Å²) in [5, 5.41) is 11.5. The van der Waals surface area contributed by atoms with E-state index in [0.717, 1.165) is 12.8 Å². The third-order valence-electron chi connectivity index (χ3n) is 2.74. The molecule has 1 aromatic carbocycles. The molecule has 0 atom stereocenters. The summed E-state index contributed by atoms with van der Waals surface area (Å²) in [6.45, 7) is 1.37. The van der Waals surface area contributed by atoms with Gasteiger partial charge < -0.3 is 5.73 Å². The average Bonchev–Trinajstić information content (AvgIpc) is 2.80. The Bertz CT molecular complexity index is 497. The van der Waals surface area contributed by atoms with Crippen LogP contribution in [0.2, 0.25) is 0 Å². The maximum absolute atomic E-state index is 13.5. The quantitative estimate of drug-likeness (QED) is 0.779. The van der Waals surface area contributed by atoms with E-state index in [1.807, 2.05) is 0 Å². The van der Waals surface area contributed by atoms with Crippen LogP contribution in [-0.2, 0) is 13.0 Å². The maximum Gasteiger partial charge on any atom is 0.155 e. The number of nitrogens with zero attached hydrogens (tertiary/aromatic N) is 4. The molecule has 2 aromatic rings. The summed E-state index contributed by atoms with van der Waals surface area (Å²) in [6, 6.07) is 6.66. The zero-order valence-electron chi connectivity index (χ0n) is 10.1. The number of rotatable bonds is 6. The summed E-state index contributed by atoms with van der Waals surface area (Å²) in [6.07, 6.45) is 2.26. The van der Waals surface area contributed by atoms with E-state index >= 15 is 0 Å². The van der Waals surface area contributed by atoms with Crippen molar-refractivity contribution in [3.05, 3.63) is 41.5 Å². The fourth-order valence-corrected chi connectivity index (χ4v) is 1.74. The zero-order chi connectivity index (χ0) is 12.8. The smallest absolute Gasteiger partial charge is 0.155 e. The molecule has 0 saturated carbocycles. The summed E-state index contributed by atoms with van der Waals surface area (Å²) in [5.74, 6) is 0.450. The van der Waals surface area contributed by atoms with Crippen LogP contribution in [0, 0.1) is 5.82 Å². The lowest BCUT2D eigenvalue weighted by molar-refractivity contribution is 0.526. The predicted octanol–water partition coefficient (Wildman–Crippen LogP) is 1.14. The van der Waals surface area contributed by atoms with Gasteiger partial charge in [0.1, 0.15) is 5.82 Å². The largest absolute Gasteiger partial charge is 0.330 e. The first-order valence-electron chi connectivity index (χ1n) is 6.00. The Morgan fingerprint density at radius 1 is 1.22 bits per heavy atom. The molecule has 0 spiro atoms. The molecule has 0 radical (unpaired) electrons. The second-order valence-corrected chi connectivity index (χ2v) is 4.08. The van der Waals surface area contributed by atoms with Gasteiger partial charge in [0.2, 0.25) is 0 Å². The van der Waals surface area contributed by atoms with Gasteiger partial charge in [-0.15, -0.1) is 5.10 Å². The highest BCUT2D eigenvalue weighted by Gasteiger charge is 2.09. The number of hydrogen-bond acceptors (Lipinski definition) is 4. The standard InChI is InChI=1S/C12H16FN5/c13-11-6-2-1-5-10(11)9-12-15-16-17-18(12)8-4-3-7-14/h1-2,5-6H,3-4,7-9,14H2. The molecule has 0 aliphatic heterocycles. The van der Waals surface area contributed by atoms with Crippen LogP contribution in [0.3, 0.4) is 0 Å². The van der Waals surface area contributed by atoms with Gasteiger partial charge in [-0.2, -0.15) is 0 Å². The Hall–Kier alpha value is -1.82. The molecule has 0 aliphatic carbocycles. The van der Waals surface area contributed by atoms with Crippen LogP contribution in [0.5, 0.6) is 0 Å². The molecule has 1 heterocycles. The van der Waals surface area contributed by atoms with Gasteiger partial charge in [-0.1, -0.05) is 18.2 Å². The van der Waals surface area contributed by atoms with Crippen LogP contribution in [0.25, 0.3) is 0 Å². The number of unbranched alkanes of at least 4 members (excludes halogenated alkanes) is 1. The fraction of sp³-hybridized carbons (Fsp3) is 0.417. The van der Waals surface area contributed by atoms with E-state index < -0.39 is 0 Å². The van der Waals surface area contributed by atoms with Crippen molar-refractivity contribution in [2.45, 2.75) is 25.8 Å². The van der Waals surface area contributed by atoms with E-state index in [4.69, 9.17) is 5.73 Å². The molecule has 0 amide bonds. The van der Waals surface area contributed by atoms with Gasteiger partial charge in [0.15, 0.2) is 5.82 Å². The monoisotopic (exact) mass is 249 g/mol. The SMILES string of the molecule is NCCCCn1nnnc1Cc1ccccc1F. The molecule has 1 aromatic heterocycles. The van der Waals surface area contributed by atoms with E-state index in [9.17, 15) is 4.39 Å². The first kappa shape index (κ1) is 12.6. The van der Waals surface area contributed by atoms with Crippen molar-refractivity contribution >= 4 is 0 Å². The second kappa shape index (κ2) is 6.20. The molecule has 0 saturated heterocycles. The topological polar surface area (TPSA) is 69.6 Å². The summed E-state index contributed by atoms with van der Waals surface area (Å²) in [7, 11) is 0. The van der Waals surface area contributed by atoms with Gasteiger partial charge in [-0.3, -0.25) is 0 Å². The molecule has 0 aliphatic rings. The van der Waals surface area contributed by atoms with E-state index in [-0.39, 0.29) is 5.82 Å². The number of benzene rings is 1.